The lowest BCUT2D eigenvalue weighted by Gasteiger charge is -2.22. The molecule has 2 atom stereocenters. The van der Waals surface area contributed by atoms with Crippen molar-refractivity contribution in [2.45, 2.75) is 45.2 Å². The third-order valence-corrected chi connectivity index (χ3v) is 4.74. The lowest BCUT2D eigenvalue weighted by molar-refractivity contribution is -0.123. The Bertz CT molecular complexity index is 781. The Hall–Kier alpha value is -2.04. The second kappa shape index (κ2) is 10.3. The molecule has 27 heavy (non-hydrogen) atoms. The molecule has 2 rings (SSSR count). The van der Waals surface area contributed by atoms with Crippen molar-refractivity contribution in [2.24, 2.45) is 0 Å². The van der Waals surface area contributed by atoms with Crippen molar-refractivity contribution in [3.05, 3.63) is 69.7 Å². The highest BCUT2D eigenvalue weighted by Crippen LogP contribution is 2.21. The Kier molecular flexibility index (Phi) is 8.14. The molecule has 0 spiro atoms. The van der Waals surface area contributed by atoms with E-state index in [0.29, 0.717) is 11.4 Å². The third-order valence-electron chi connectivity index (χ3n) is 4.19. The first kappa shape index (κ1) is 21.3. The molecule has 2 aromatic rings. The molecule has 2 aromatic carbocycles. The van der Waals surface area contributed by atoms with Gasteiger partial charge in [0, 0.05) is 17.5 Å². The minimum absolute atomic E-state index is 0.0387. The summed E-state index contributed by atoms with van der Waals surface area (Å²) in [6.07, 6.45) is 2.24. The molecule has 2 N–H and O–H groups in total. The highest BCUT2D eigenvalue weighted by Gasteiger charge is 2.24. The molecule has 0 saturated carbocycles. The summed E-state index contributed by atoms with van der Waals surface area (Å²) in [6, 6.07) is 13.6. The molecule has 0 aromatic heterocycles. The van der Waals surface area contributed by atoms with Crippen LogP contribution in [0.25, 0.3) is 0 Å². The number of hydrogen-bond acceptors (Lipinski definition) is 2. The fourth-order valence-corrected chi connectivity index (χ4v) is 3.31. The molecule has 2 amide bonds. The topological polar surface area (TPSA) is 58.2 Å². The summed E-state index contributed by atoms with van der Waals surface area (Å²) >= 11 is 12.0. The van der Waals surface area contributed by atoms with Gasteiger partial charge < -0.3 is 10.6 Å². The van der Waals surface area contributed by atoms with Crippen molar-refractivity contribution >= 4 is 35.0 Å². The molecule has 0 fully saturated rings. The Morgan fingerprint density at radius 1 is 1.04 bits per heavy atom. The van der Waals surface area contributed by atoms with Gasteiger partial charge in [-0.25, -0.2) is 0 Å². The standard InChI is InChI=1S/C21H24Cl2N2O2/c1-3-7-14(2)24-21(27)19(12-15-8-5-4-6-9-15)25-20(26)17-11-10-16(22)13-18(17)23/h4-6,8-11,13-14,19H,3,7,12H2,1-2H3,(H,24,27)(H,25,26)/t14-,19+/m0/s1. The quantitative estimate of drug-likeness (QED) is 0.670. The van der Waals surface area contributed by atoms with Crippen LogP contribution in [-0.2, 0) is 11.2 Å². The number of carbonyl (C=O) groups is 2. The molecular weight excluding hydrogens is 383 g/mol. The normalized spacial score (nSPS) is 12.9. The molecule has 4 nitrogen and oxygen atoms in total. The van der Waals surface area contributed by atoms with Crippen LogP contribution in [0.4, 0.5) is 0 Å². The molecule has 0 saturated heterocycles. The van der Waals surface area contributed by atoms with E-state index in [1.54, 1.807) is 12.1 Å². The van der Waals surface area contributed by atoms with E-state index < -0.39 is 11.9 Å². The zero-order valence-corrected chi connectivity index (χ0v) is 17.0. The highest BCUT2D eigenvalue weighted by molar-refractivity contribution is 6.36. The molecule has 0 aliphatic rings. The van der Waals surface area contributed by atoms with Gasteiger partial charge in [0.05, 0.1) is 10.6 Å². The van der Waals surface area contributed by atoms with E-state index in [1.807, 2.05) is 37.3 Å². The van der Waals surface area contributed by atoms with Crippen LogP contribution in [0.15, 0.2) is 48.5 Å². The van der Waals surface area contributed by atoms with Crippen LogP contribution >= 0.6 is 23.2 Å². The molecule has 144 valence electrons. The van der Waals surface area contributed by atoms with E-state index in [1.165, 1.54) is 6.07 Å². The average Bonchev–Trinajstić information content (AvgIpc) is 2.62. The van der Waals surface area contributed by atoms with Crippen molar-refractivity contribution < 1.29 is 9.59 Å². The lowest BCUT2D eigenvalue weighted by atomic mass is 10.0. The van der Waals surface area contributed by atoms with Crippen molar-refractivity contribution in [3.8, 4) is 0 Å². The van der Waals surface area contributed by atoms with Gasteiger partial charge in [0.25, 0.3) is 5.91 Å². The number of rotatable bonds is 8. The SMILES string of the molecule is CCC[C@H](C)NC(=O)[C@@H](Cc1ccccc1)NC(=O)c1ccc(Cl)cc1Cl. The summed E-state index contributed by atoms with van der Waals surface area (Å²) in [7, 11) is 0. The highest BCUT2D eigenvalue weighted by atomic mass is 35.5. The van der Waals surface area contributed by atoms with Gasteiger partial charge in [0.2, 0.25) is 5.91 Å². The van der Waals surface area contributed by atoms with Crippen LogP contribution in [0.5, 0.6) is 0 Å². The molecule has 6 heteroatoms. The van der Waals surface area contributed by atoms with Crippen LogP contribution in [-0.4, -0.2) is 23.9 Å². The fraction of sp³-hybridized carbons (Fsp3) is 0.333. The summed E-state index contributed by atoms with van der Waals surface area (Å²) in [6.45, 7) is 4.02. The van der Waals surface area contributed by atoms with Crippen molar-refractivity contribution in [2.75, 3.05) is 0 Å². The van der Waals surface area contributed by atoms with Gasteiger partial charge in [0.1, 0.15) is 6.04 Å². The Morgan fingerprint density at radius 3 is 2.37 bits per heavy atom. The zero-order chi connectivity index (χ0) is 19.8. The number of benzene rings is 2. The minimum Gasteiger partial charge on any atom is -0.352 e. The Morgan fingerprint density at radius 2 is 1.74 bits per heavy atom. The summed E-state index contributed by atoms with van der Waals surface area (Å²) in [5, 5.41) is 6.48. The van der Waals surface area contributed by atoms with E-state index in [-0.39, 0.29) is 22.5 Å². The van der Waals surface area contributed by atoms with Crippen LogP contribution in [0.1, 0.15) is 42.6 Å². The maximum Gasteiger partial charge on any atom is 0.253 e. The van der Waals surface area contributed by atoms with Gasteiger partial charge in [-0.1, -0.05) is 66.9 Å². The van der Waals surface area contributed by atoms with E-state index in [2.05, 4.69) is 17.6 Å². The maximum atomic E-state index is 12.8. The van der Waals surface area contributed by atoms with Gasteiger partial charge >= 0.3 is 0 Å². The number of hydrogen-bond donors (Lipinski definition) is 2. The van der Waals surface area contributed by atoms with Crippen molar-refractivity contribution in [3.63, 3.8) is 0 Å². The molecule has 0 heterocycles. The smallest absolute Gasteiger partial charge is 0.253 e. The zero-order valence-electron chi connectivity index (χ0n) is 15.5. The van der Waals surface area contributed by atoms with Gasteiger partial charge in [0.15, 0.2) is 0 Å². The lowest BCUT2D eigenvalue weighted by Crippen LogP contribution is -2.50. The molecular formula is C21H24Cl2N2O2. The first-order valence-corrected chi connectivity index (χ1v) is 9.76. The summed E-state index contributed by atoms with van der Waals surface area (Å²) < 4.78 is 0. The van der Waals surface area contributed by atoms with Crippen LogP contribution in [0.3, 0.4) is 0 Å². The largest absolute Gasteiger partial charge is 0.352 e. The van der Waals surface area contributed by atoms with Crippen molar-refractivity contribution in [1.29, 1.82) is 0 Å². The molecule has 0 bridgehead atoms. The minimum atomic E-state index is -0.703. The van der Waals surface area contributed by atoms with Crippen LogP contribution < -0.4 is 10.6 Å². The van der Waals surface area contributed by atoms with Crippen LogP contribution in [0, 0.1) is 0 Å². The van der Waals surface area contributed by atoms with Crippen molar-refractivity contribution in [1.82, 2.24) is 10.6 Å². The molecule has 0 unspecified atom stereocenters. The van der Waals surface area contributed by atoms with Gasteiger partial charge in [-0.15, -0.1) is 0 Å². The van der Waals surface area contributed by atoms with E-state index >= 15 is 0 Å². The number of nitrogens with one attached hydrogen (secondary N) is 2. The fourth-order valence-electron chi connectivity index (χ4n) is 2.82. The summed E-state index contributed by atoms with van der Waals surface area (Å²) in [4.78, 5) is 25.4. The third kappa shape index (κ3) is 6.56. The Balaban J connectivity index is 2.17. The van der Waals surface area contributed by atoms with E-state index in [9.17, 15) is 9.59 Å². The maximum absolute atomic E-state index is 12.8. The number of halogens is 2. The molecule has 0 aliphatic carbocycles. The van der Waals surface area contributed by atoms with Gasteiger partial charge in [-0.05, 0) is 37.1 Å². The number of amides is 2. The predicted octanol–water partition coefficient (Wildman–Crippen LogP) is 4.64. The van der Waals surface area contributed by atoms with Gasteiger partial charge in [-0.2, -0.15) is 0 Å². The second-order valence-electron chi connectivity index (χ2n) is 6.54. The van der Waals surface area contributed by atoms with E-state index in [4.69, 9.17) is 23.2 Å². The Labute approximate surface area is 170 Å². The van der Waals surface area contributed by atoms with E-state index in [0.717, 1.165) is 18.4 Å². The molecule has 0 radical (unpaired) electrons. The van der Waals surface area contributed by atoms with Gasteiger partial charge in [-0.3, -0.25) is 9.59 Å². The van der Waals surface area contributed by atoms with Crippen LogP contribution in [0.2, 0.25) is 10.0 Å². The first-order chi connectivity index (χ1) is 12.9. The summed E-state index contributed by atoms with van der Waals surface area (Å²) in [5.74, 6) is -0.617. The first-order valence-electron chi connectivity index (χ1n) is 9.01. The second-order valence-corrected chi connectivity index (χ2v) is 7.38. The monoisotopic (exact) mass is 406 g/mol. The molecule has 0 aliphatic heterocycles. The predicted molar refractivity (Wildman–Crippen MR) is 110 cm³/mol. The average molecular weight is 407 g/mol. The number of carbonyl (C=O) groups excluding carboxylic acids is 2. The summed E-state index contributed by atoms with van der Waals surface area (Å²) in [5.41, 5.74) is 1.25.